The zero-order valence-electron chi connectivity index (χ0n) is 31.3. The van der Waals surface area contributed by atoms with Gasteiger partial charge in [0, 0.05) is 42.5 Å². The van der Waals surface area contributed by atoms with Crippen molar-refractivity contribution in [3.8, 4) is 51.7 Å². The fourth-order valence-corrected chi connectivity index (χ4v) is 4.69. The van der Waals surface area contributed by atoms with Crippen LogP contribution in [-0.2, 0) is 0 Å². The third kappa shape index (κ3) is 12.7. The van der Waals surface area contributed by atoms with Gasteiger partial charge in [-0.2, -0.15) is 0 Å². The van der Waals surface area contributed by atoms with Crippen molar-refractivity contribution < 1.29 is 58.6 Å². The van der Waals surface area contributed by atoms with Crippen molar-refractivity contribution in [1.29, 1.82) is 0 Å². The maximum absolute atomic E-state index is 13.6. The van der Waals surface area contributed by atoms with Gasteiger partial charge in [0.1, 0.15) is 39.6 Å². The second-order valence-corrected chi connectivity index (χ2v) is 11.4. The van der Waals surface area contributed by atoms with Crippen LogP contribution in [0.1, 0.15) is 0 Å². The van der Waals surface area contributed by atoms with Crippen LogP contribution in [0.3, 0.4) is 0 Å². The average molecular weight is 784 g/mol. The first kappa shape index (κ1) is 43.0. The number of ether oxygens (including phenoxy) is 6. The first-order valence-corrected chi connectivity index (χ1v) is 17.4. The molecule has 0 amide bonds. The van der Waals surface area contributed by atoms with Crippen molar-refractivity contribution in [1.82, 2.24) is 0 Å². The van der Waals surface area contributed by atoms with E-state index in [9.17, 15) is 15.6 Å². The van der Waals surface area contributed by atoms with Gasteiger partial charge in [-0.05, 0) is 30.3 Å². The van der Waals surface area contributed by atoms with E-state index < -0.39 is 15.7 Å². The lowest BCUT2D eigenvalue weighted by molar-refractivity contribution is -0.971. The smallest absolute Gasteiger partial charge is 0.244 e. The summed E-state index contributed by atoms with van der Waals surface area (Å²) in [6.45, 7) is 22.9. The molecule has 0 fully saturated rings. The number of hydrogen-bond acceptors (Lipinski definition) is 12. The van der Waals surface area contributed by atoms with Crippen LogP contribution in [0.4, 0.5) is 17.1 Å². The lowest BCUT2D eigenvalue weighted by atomic mass is 10.2. The van der Waals surface area contributed by atoms with Crippen molar-refractivity contribution in [3.05, 3.63) is 164 Å². The maximum atomic E-state index is 13.6. The van der Waals surface area contributed by atoms with E-state index in [2.05, 4.69) is 39.5 Å². The Morgan fingerprint density at radius 1 is 0.351 bits per heavy atom. The molecule has 3 unspecified atom stereocenters. The van der Waals surface area contributed by atoms with Crippen molar-refractivity contribution in [3.63, 3.8) is 0 Å². The Morgan fingerprint density at radius 2 is 0.649 bits per heavy atom. The fraction of sp³-hybridized carbons (Fsp3) is 0.143. The number of benzene rings is 4. The second kappa shape index (κ2) is 22.6. The minimum atomic E-state index is -0.863. The minimum absolute atomic E-state index is 0.0462. The molecule has 0 heterocycles. The largest absolute Gasteiger partial charge is 0.585 e. The van der Waals surface area contributed by atoms with Crippen molar-refractivity contribution in [2.75, 3.05) is 39.6 Å². The van der Waals surface area contributed by atoms with E-state index in [0.717, 1.165) is 0 Å². The van der Waals surface area contributed by atoms with Crippen molar-refractivity contribution in [2.24, 2.45) is 0 Å². The van der Waals surface area contributed by atoms with Gasteiger partial charge < -0.3 is 58.6 Å². The van der Waals surface area contributed by atoms with Gasteiger partial charge in [-0.1, -0.05) is 75.9 Å². The van der Waals surface area contributed by atoms with E-state index in [1.54, 1.807) is 36.4 Å². The molecule has 3 N–H and O–H groups in total. The molecular weight excluding hydrogens is 738 g/mol. The molecule has 0 spiro atoms. The standard InChI is InChI=1S/C42H45N3O12/c1-7-21-49-35-17-13-31(27-39(35)52-24-10-4)43(46)55-34-16-20-38(56-44(47)32-14-18-36(50-22-8-2)40(28-32)53-25-11-5)42(30-34)57-45(48)33-15-19-37(51-23-9-3)41(29-33)54-26-12-6/h7-20,27-30,43-45H,1-6,21-26H2. The molecule has 4 rings (SSSR count). The lowest BCUT2D eigenvalue weighted by Crippen LogP contribution is -3.05. The Kier molecular flexibility index (Phi) is 17.1. The van der Waals surface area contributed by atoms with Gasteiger partial charge in [0.25, 0.3) is 0 Å². The topological polar surface area (TPSA) is 166 Å². The molecule has 4 aromatic carbocycles. The van der Waals surface area contributed by atoms with Gasteiger partial charge in [-0.15, -0.1) is 15.7 Å². The predicted octanol–water partition coefficient (Wildman–Crippen LogP) is 5.10. The summed E-state index contributed by atoms with van der Waals surface area (Å²) in [5.74, 6) is 1.40. The first-order valence-electron chi connectivity index (χ1n) is 17.4. The molecule has 3 atom stereocenters. The Bertz CT molecular complexity index is 1990. The van der Waals surface area contributed by atoms with E-state index in [1.807, 2.05) is 0 Å². The van der Waals surface area contributed by atoms with E-state index in [-0.39, 0.29) is 91.2 Å². The Hall–Kier alpha value is -6.72. The molecule has 15 heteroatoms. The highest BCUT2D eigenvalue weighted by Gasteiger charge is 2.22. The van der Waals surface area contributed by atoms with E-state index in [4.69, 9.17) is 42.9 Å². The van der Waals surface area contributed by atoms with Gasteiger partial charge in [0.15, 0.2) is 57.3 Å². The molecule has 0 radical (unpaired) electrons. The zero-order valence-corrected chi connectivity index (χ0v) is 31.3. The van der Waals surface area contributed by atoms with Gasteiger partial charge in [0.2, 0.25) is 11.5 Å². The highest BCUT2D eigenvalue weighted by molar-refractivity contribution is 5.51. The van der Waals surface area contributed by atoms with Gasteiger partial charge >= 0.3 is 0 Å². The van der Waals surface area contributed by atoms with Gasteiger partial charge in [-0.25, -0.2) is 0 Å². The summed E-state index contributed by atoms with van der Waals surface area (Å²) in [7, 11) is 0. The molecule has 57 heavy (non-hydrogen) atoms. The van der Waals surface area contributed by atoms with Gasteiger partial charge in [0.05, 0.1) is 0 Å². The number of quaternary nitrogens is 3. The van der Waals surface area contributed by atoms with E-state index in [0.29, 0.717) is 17.2 Å². The molecular formula is C42H45N3O12. The lowest BCUT2D eigenvalue weighted by Gasteiger charge is -2.25. The van der Waals surface area contributed by atoms with Crippen LogP contribution in [0.15, 0.2) is 149 Å². The SMILES string of the molecule is C=CCOc1ccc([NH+]([O-])Oc2ccc(O[NH+]([O-])c3ccc(OCC=C)c(OCC=C)c3)c(O[NH+]([O-])c3ccc(OCC=C)c(OCC=C)c3)c2)cc1OCC=C. The summed E-state index contributed by atoms with van der Waals surface area (Å²) in [4.78, 5) is 17.2. The molecule has 0 aliphatic heterocycles. The number of rotatable bonds is 27. The molecule has 0 aliphatic rings. The molecule has 15 nitrogen and oxygen atoms in total. The molecule has 300 valence electrons. The van der Waals surface area contributed by atoms with Crippen LogP contribution in [-0.4, -0.2) is 39.6 Å². The highest BCUT2D eigenvalue weighted by atomic mass is 16.9. The molecule has 0 saturated carbocycles. The normalized spacial score (nSPS) is 12.1. The van der Waals surface area contributed by atoms with Crippen molar-refractivity contribution >= 4 is 17.1 Å². The zero-order chi connectivity index (χ0) is 41.0. The third-order valence-electron chi connectivity index (χ3n) is 7.21. The molecule has 4 aromatic rings. The summed E-state index contributed by atoms with van der Waals surface area (Å²) < 4.78 is 34.0. The fourth-order valence-electron chi connectivity index (χ4n) is 4.69. The first-order chi connectivity index (χ1) is 27.7. The van der Waals surface area contributed by atoms with E-state index >= 15 is 0 Å². The number of nitrogens with one attached hydrogen (secondary N) is 3. The van der Waals surface area contributed by atoms with Crippen LogP contribution in [0, 0.1) is 15.6 Å². The van der Waals surface area contributed by atoms with E-state index in [1.165, 1.54) is 72.8 Å². The maximum Gasteiger partial charge on any atom is 0.244 e. The van der Waals surface area contributed by atoms with Crippen LogP contribution >= 0.6 is 0 Å². The Balaban J connectivity index is 1.68. The highest BCUT2D eigenvalue weighted by Crippen LogP contribution is 2.34. The number of hydrogen-bond donors (Lipinski definition) is 3. The summed E-state index contributed by atoms with van der Waals surface area (Å²) in [6, 6.07) is 17.3. The average Bonchev–Trinajstić information content (AvgIpc) is 3.22. The Morgan fingerprint density at radius 3 is 1.00 bits per heavy atom. The molecule has 0 aromatic heterocycles. The predicted molar refractivity (Wildman–Crippen MR) is 214 cm³/mol. The van der Waals surface area contributed by atoms with Crippen LogP contribution < -0.4 is 58.6 Å². The van der Waals surface area contributed by atoms with Crippen LogP contribution in [0.5, 0.6) is 51.7 Å². The second-order valence-electron chi connectivity index (χ2n) is 11.4. The third-order valence-corrected chi connectivity index (χ3v) is 7.21. The monoisotopic (exact) mass is 783 g/mol. The summed E-state index contributed by atoms with van der Waals surface area (Å²) in [6.07, 6.45) is 9.31. The van der Waals surface area contributed by atoms with Crippen LogP contribution in [0.2, 0.25) is 0 Å². The minimum Gasteiger partial charge on any atom is -0.585 e. The summed E-state index contributed by atoms with van der Waals surface area (Å²) >= 11 is 0. The molecule has 0 aliphatic carbocycles. The summed E-state index contributed by atoms with van der Waals surface area (Å²) in [5, 5.41) is 38.1. The quantitative estimate of drug-likeness (QED) is 0.0542. The summed E-state index contributed by atoms with van der Waals surface area (Å²) in [5.41, 5.74) is 0.265. The van der Waals surface area contributed by atoms with Gasteiger partial charge in [-0.3, -0.25) is 0 Å². The van der Waals surface area contributed by atoms with Crippen LogP contribution in [0.25, 0.3) is 0 Å². The molecule has 0 saturated heterocycles. The van der Waals surface area contributed by atoms with Crippen molar-refractivity contribution in [2.45, 2.75) is 0 Å². The Labute approximate surface area is 330 Å². The molecule has 0 bridgehead atoms.